The van der Waals surface area contributed by atoms with E-state index in [0.29, 0.717) is 11.3 Å². The summed E-state index contributed by atoms with van der Waals surface area (Å²) in [6, 6.07) is 6.18. The molecule has 3 aromatic rings. The minimum atomic E-state index is -1.42. The molecule has 2 heterocycles. The lowest BCUT2D eigenvalue weighted by atomic mass is 9.97. The Morgan fingerprint density at radius 2 is 1.79 bits per heavy atom. The number of nitrogens with one attached hydrogen (secondary N) is 1. The summed E-state index contributed by atoms with van der Waals surface area (Å²) in [5.41, 5.74) is 5.18. The molecule has 0 aliphatic heterocycles. The molecule has 0 fully saturated rings. The Morgan fingerprint density at radius 3 is 2.43 bits per heavy atom. The maximum absolute atomic E-state index is 14.4. The van der Waals surface area contributed by atoms with E-state index in [4.69, 9.17) is 5.73 Å². The van der Waals surface area contributed by atoms with Gasteiger partial charge in [0.2, 0.25) is 5.56 Å². The second-order valence-electron chi connectivity index (χ2n) is 6.37. The number of benzene rings is 1. The molecule has 144 valence electrons. The van der Waals surface area contributed by atoms with Gasteiger partial charge in [-0.1, -0.05) is 19.9 Å². The van der Waals surface area contributed by atoms with Crippen molar-refractivity contribution in [2.45, 2.75) is 19.8 Å². The normalized spacial score (nSPS) is 11.0. The zero-order valence-electron chi connectivity index (χ0n) is 15.0. The number of hydrogen-bond acceptors (Lipinski definition) is 5. The van der Waals surface area contributed by atoms with Gasteiger partial charge < -0.3 is 15.8 Å². The minimum Gasteiger partial charge on any atom is -0.476 e. The second-order valence-corrected chi connectivity index (χ2v) is 6.37. The first-order chi connectivity index (χ1) is 13.2. The van der Waals surface area contributed by atoms with Crippen molar-refractivity contribution in [1.29, 1.82) is 0 Å². The molecule has 0 bridgehead atoms. The number of nitrogens with zero attached hydrogens (tertiary/aromatic N) is 2. The Balaban J connectivity index is 2.43. The highest BCUT2D eigenvalue weighted by Crippen LogP contribution is 2.35. The van der Waals surface area contributed by atoms with Gasteiger partial charge in [0.25, 0.3) is 0 Å². The average Bonchev–Trinajstić information content (AvgIpc) is 2.63. The van der Waals surface area contributed by atoms with E-state index in [2.05, 4.69) is 15.0 Å². The number of nitrogen functional groups attached to an aromatic ring is 1. The molecule has 3 rings (SSSR count). The smallest absolute Gasteiger partial charge is 0.358 e. The van der Waals surface area contributed by atoms with Crippen LogP contribution in [0.4, 0.5) is 14.6 Å². The summed E-state index contributed by atoms with van der Waals surface area (Å²) in [7, 11) is 0. The molecule has 9 heteroatoms. The van der Waals surface area contributed by atoms with E-state index in [1.807, 2.05) is 0 Å². The number of rotatable bonds is 4. The molecule has 0 saturated carbocycles. The number of aromatic carboxylic acids is 1. The topological polar surface area (TPSA) is 122 Å². The first kappa shape index (κ1) is 19.2. The fraction of sp³-hybridized carbons (Fsp3) is 0.158. The van der Waals surface area contributed by atoms with Gasteiger partial charge >= 0.3 is 5.97 Å². The molecule has 0 spiro atoms. The molecule has 0 aliphatic rings. The van der Waals surface area contributed by atoms with E-state index in [1.165, 1.54) is 24.3 Å². The van der Waals surface area contributed by atoms with Gasteiger partial charge in [0.1, 0.15) is 5.69 Å². The van der Waals surface area contributed by atoms with Gasteiger partial charge in [-0.3, -0.25) is 4.79 Å². The Morgan fingerprint density at radius 1 is 1.11 bits per heavy atom. The predicted molar refractivity (Wildman–Crippen MR) is 98.9 cm³/mol. The number of carbonyl (C=O) groups is 1. The van der Waals surface area contributed by atoms with Crippen molar-refractivity contribution in [1.82, 2.24) is 15.0 Å². The van der Waals surface area contributed by atoms with Crippen molar-refractivity contribution in [3.8, 4) is 22.5 Å². The maximum Gasteiger partial charge on any atom is 0.358 e. The molecule has 0 radical (unpaired) electrons. The first-order valence-corrected chi connectivity index (χ1v) is 8.29. The third kappa shape index (κ3) is 3.34. The second kappa shape index (κ2) is 7.18. The van der Waals surface area contributed by atoms with Crippen LogP contribution in [0.5, 0.6) is 0 Å². The number of nitrogens with two attached hydrogens (primary N) is 1. The van der Waals surface area contributed by atoms with Gasteiger partial charge in [0.05, 0.1) is 5.69 Å². The van der Waals surface area contributed by atoms with Crippen LogP contribution in [0.3, 0.4) is 0 Å². The van der Waals surface area contributed by atoms with Crippen LogP contribution in [0, 0.1) is 11.6 Å². The van der Waals surface area contributed by atoms with Crippen LogP contribution in [0.15, 0.2) is 35.1 Å². The van der Waals surface area contributed by atoms with E-state index >= 15 is 0 Å². The predicted octanol–water partition coefficient (Wildman–Crippen LogP) is 3.18. The van der Waals surface area contributed by atoms with Gasteiger partial charge in [-0.15, -0.1) is 0 Å². The summed E-state index contributed by atoms with van der Waals surface area (Å²) < 4.78 is 28.2. The molecule has 1 aromatic carbocycles. The fourth-order valence-corrected chi connectivity index (χ4v) is 2.82. The molecular weight excluding hydrogens is 370 g/mol. The van der Waals surface area contributed by atoms with Gasteiger partial charge in [-0.05, 0) is 24.1 Å². The molecule has 7 nitrogen and oxygen atoms in total. The molecular formula is C19H16F2N4O3. The van der Waals surface area contributed by atoms with Gasteiger partial charge in [0, 0.05) is 22.9 Å². The van der Waals surface area contributed by atoms with E-state index in [-0.39, 0.29) is 28.4 Å². The molecule has 2 aromatic heterocycles. The van der Waals surface area contributed by atoms with Gasteiger partial charge in [0.15, 0.2) is 23.1 Å². The number of carboxylic acids is 1. The summed E-state index contributed by atoms with van der Waals surface area (Å²) in [5.74, 6) is -4.31. The molecule has 0 atom stereocenters. The van der Waals surface area contributed by atoms with Crippen LogP contribution < -0.4 is 11.3 Å². The van der Waals surface area contributed by atoms with Crippen LogP contribution in [0.2, 0.25) is 0 Å². The average molecular weight is 386 g/mol. The number of carboxylic acid groups (broad SMARTS) is 1. The van der Waals surface area contributed by atoms with Gasteiger partial charge in [-0.25, -0.2) is 23.5 Å². The largest absolute Gasteiger partial charge is 0.476 e. The lowest BCUT2D eigenvalue weighted by Crippen LogP contribution is -2.14. The highest BCUT2D eigenvalue weighted by molar-refractivity contribution is 5.93. The number of halogens is 2. The quantitative estimate of drug-likeness (QED) is 0.633. The van der Waals surface area contributed by atoms with Crippen LogP contribution in [0.25, 0.3) is 22.5 Å². The van der Waals surface area contributed by atoms with Crippen LogP contribution in [-0.4, -0.2) is 26.0 Å². The number of aromatic amines is 1. The zero-order chi connectivity index (χ0) is 20.6. The molecule has 0 amide bonds. The summed E-state index contributed by atoms with van der Waals surface area (Å²) in [4.78, 5) is 34.0. The highest BCUT2D eigenvalue weighted by Gasteiger charge is 2.24. The van der Waals surface area contributed by atoms with Crippen molar-refractivity contribution in [3.63, 3.8) is 0 Å². The Bertz CT molecular complexity index is 1140. The standard InChI is InChI=1S/C19H16F2N4O3/c1-8(2)14-10(6-7-12(26)23-14)16-15(9-4-3-5-11(20)13(9)21)25-18(22)17(24-16)19(27)28/h3-8H,1-2H3,(H2,22,25)(H,23,26)(H,27,28). The SMILES string of the molecule is CC(C)c1[nH]c(=O)ccc1-c1nc(C(=O)O)c(N)nc1-c1cccc(F)c1F. The molecule has 0 saturated heterocycles. The Labute approximate surface area is 157 Å². The maximum atomic E-state index is 14.4. The highest BCUT2D eigenvalue weighted by atomic mass is 19.2. The number of hydrogen-bond donors (Lipinski definition) is 3. The first-order valence-electron chi connectivity index (χ1n) is 8.29. The Hall–Kier alpha value is -3.62. The lowest BCUT2D eigenvalue weighted by molar-refractivity contribution is 0.0691. The van der Waals surface area contributed by atoms with E-state index < -0.39 is 29.1 Å². The van der Waals surface area contributed by atoms with Crippen molar-refractivity contribution in [2.24, 2.45) is 0 Å². The molecule has 28 heavy (non-hydrogen) atoms. The third-order valence-electron chi connectivity index (χ3n) is 4.11. The van der Waals surface area contributed by atoms with Crippen LogP contribution in [0.1, 0.15) is 35.9 Å². The monoisotopic (exact) mass is 386 g/mol. The molecule has 0 aliphatic carbocycles. The summed E-state index contributed by atoms with van der Waals surface area (Å²) >= 11 is 0. The van der Waals surface area contributed by atoms with Crippen LogP contribution >= 0.6 is 0 Å². The van der Waals surface area contributed by atoms with Gasteiger partial charge in [-0.2, -0.15) is 0 Å². The van der Waals surface area contributed by atoms with E-state index in [9.17, 15) is 23.5 Å². The van der Waals surface area contributed by atoms with Crippen LogP contribution in [-0.2, 0) is 0 Å². The van der Waals surface area contributed by atoms with Crippen molar-refractivity contribution in [3.05, 3.63) is 63.7 Å². The Kier molecular flexibility index (Phi) is 4.91. The zero-order valence-corrected chi connectivity index (χ0v) is 15.0. The number of anilines is 1. The van der Waals surface area contributed by atoms with Crippen molar-refractivity contribution >= 4 is 11.8 Å². The molecule has 4 N–H and O–H groups in total. The lowest BCUT2D eigenvalue weighted by Gasteiger charge is -2.16. The third-order valence-corrected chi connectivity index (χ3v) is 4.11. The van der Waals surface area contributed by atoms with E-state index in [0.717, 1.165) is 6.07 Å². The van der Waals surface area contributed by atoms with Crippen molar-refractivity contribution < 1.29 is 18.7 Å². The minimum absolute atomic E-state index is 0.0314. The van der Waals surface area contributed by atoms with Crippen molar-refractivity contribution in [2.75, 3.05) is 5.73 Å². The van der Waals surface area contributed by atoms with E-state index in [1.54, 1.807) is 13.8 Å². The molecule has 0 unspecified atom stereocenters. The fourth-order valence-electron chi connectivity index (χ4n) is 2.82. The summed E-state index contributed by atoms with van der Waals surface area (Å²) in [5, 5.41) is 9.35. The summed E-state index contributed by atoms with van der Waals surface area (Å²) in [6.07, 6.45) is 0. The number of aromatic nitrogens is 3. The number of pyridine rings is 1. The summed E-state index contributed by atoms with van der Waals surface area (Å²) in [6.45, 7) is 3.61. The number of H-pyrrole nitrogens is 1.